The first-order valence-corrected chi connectivity index (χ1v) is 12.1. The zero-order valence-corrected chi connectivity index (χ0v) is 19.4. The molecule has 166 valence electrons. The lowest BCUT2D eigenvalue weighted by atomic mass is 9.97. The van der Waals surface area contributed by atoms with E-state index in [9.17, 15) is 4.79 Å². The molecule has 0 radical (unpaired) electrons. The second kappa shape index (κ2) is 10.6. The van der Waals surface area contributed by atoms with E-state index in [0.29, 0.717) is 11.7 Å². The number of thioether (sulfide) groups is 1. The topological polar surface area (TPSA) is 72.7 Å². The van der Waals surface area contributed by atoms with Gasteiger partial charge in [-0.25, -0.2) is 0 Å². The van der Waals surface area contributed by atoms with Gasteiger partial charge in [-0.15, -0.1) is 10.2 Å². The molecular weight excluding hydrogens is 418 g/mol. The molecule has 0 saturated heterocycles. The number of amides is 1. The Labute approximate surface area is 193 Å². The summed E-state index contributed by atoms with van der Waals surface area (Å²) < 4.78 is 2.03. The number of rotatable bonds is 8. The van der Waals surface area contributed by atoms with Crippen molar-refractivity contribution in [1.29, 1.82) is 0 Å². The standard InChI is InChI=1S/C25H29N5OS/c1-18-8-6-7-11-22(18)30-23(21-13-15-26-16-14-21)28-29-25(30)32-19(2)24(31)27-17-12-20-9-4-3-5-10-20/h6-9,11,13-16,19H,3-5,10,12,17H2,1-2H3,(H,27,31)/t19-/m0/s1. The van der Waals surface area contributed by atoms with E-state index in [1.54, 1.807) is 12.4 Å². The summed E-state index contributed by atoms with van der Waals surface area (Å²) >= 11 is 1.43. The molecule has 4 rings (SSSR count). The first-order valence-electron chi connectivity index (χ1n) is 11.2. The fourth-order valence-electron chi connectivity index (χ4n) is 3.90. The summed E-state index contributed by atoms with van der Waals surface area (Å²) in [4.78, 5) is 16.9. The van der Waals surface area contributed by atoms with Crippen LogP contribution in [0.25, 0.3) is 17.1 Å². The van der Waals surface area contributed by atoms with Gasteiger partial charge in [-0.05, 0) is 69.7 Å². The average molecular weight is 448 g/mol. The molecule has 2 aromatic heterocycles. The molecule has 32 heavy (non-hydrogen) atoms. The Balaban J connectivity index is 1.51. The van der Waals surface area contributed by atoms with Gasteiger partial charge in [0, 0.05) is 24.5 Å². The van der Waals surface area contributed by atoms with Gasteiger partial charge in [0.15, 0.2) is 11.0 Å². The highest BCUT2D eigenvalue weighted by molar-refractivity contribution is 8.00. The number of hydrogen-bond donors (Lipinski definition) is 1. The van der Waals surface area contributed by atoms with E-state index in [4.69, 9.17) is 0 Å². The van der Waals surface area contributed by atoms with Gasteiger partial charge < -0.3 is 5.32 Å². The molecule has 0 saturated carbocycles. The lowest BCUT2D eigenvalue weighted by Crippen LogP contribution is -2.32. The van der Waals surface area contributed by atoms with Crippen LogP contribution >= 0.6 is 11.8 Å². The third-order valence-corrected chi connectivity index (χ3v) is 6.75. The lowest BCUT2D eigenvalue weighted by Gasteiger charge is -2.16. The molecule has 1 atom stereocenters. The van der Waals surface area contributed by atoms with E-state index in [1.807, 2.05) is 35.8 Å². The molecule has 0 spiro atoms. The number of hydrogen-bond acceptors (Lipinski definition) is 5. The van der Waals surface area contributed by atoms with Crippen LogP contribution in [0.1, 0.15) is 44.6 Å². The number of benzene rings is 1. The predicted molar refractivity (Wildman–Crippen MR) is 129 cm³/mol. The van der Waals surface area contributed by atoms with Crippen LogP contribution in [0.2, 0.25) is 0 Å². The van der Waals surface area contributed by atoms with Gasteiger partial charge in [0.2, 0.25) is 5.91 Å². The van der Waals surface area contributed by atoms with Gasteiger partial charge in [-0.2, -0.15) is 0 Å². The number of carbonyl (C=O) groups is 1. The number of allylic oxidation sites excluding steroid dienone is 1. The third kappa shape index (κ3) is 5.27. The van der Waals surface area contributed by atoms with Crippen LogP contribution in [0.3, 0.4) is 0 Å². The summed E-state index contributed by atoms with van der Waals surface area (Å²) in [5.74, 6) is 0.761. The summed E-state index contributed by atoms with van der Waals surface area (Å²) in [7, 11) is 0. The summed E-state index contributed by atoms with van der Waals surface area (Å²) in [6.07, 6.45) is 11.6. The number of nitrogens with one attached hydrogen (secondary N) is 1. The largest absolute Gasteiger partial charge is 0.355 e. The maximum atomic E-state index is 12.8. The van der Waals surface area contributed by atoms with Crippen molar-refractivity contribution in [2.24, 2.45) is 0 Å². The number of nitrogens with zero attached hydrogens (tertiary/aromatic N) is 4. The van der Waals surface area contributed by atoms with Crippen LogP contribution in [0.5, 0.6) is 0 Å². The highest BCUT2D eigenvalue weighted by Crippen LogP contribution is 2.31. The minimum atomic E-state index is -0.285. The first-order chi connectivity index (χ1) is 15.6. The second-order valence-electron chi connectivity index (χ2n) is 8.07. The van der Waals surface area contributed by atoms with E-state index in [-0.39, 0.29) is 11.2 Å². The first kappa shape index (κ1) is 22.3. The van der Waals surface area contributed by atoms with E-state index in [1.165, 1.54) is 36.6 Å². The van der Waals surface area contributed by atoms with Crippen molar-refractivity contribution in [2.75, 3.05) is 6.54 Å². The molecule has 6 nitrogen and oxygen atoms in total. The molecule has 1 aromatic carbocycles. The van der Waals surface area contributed by atoms with Gasteiger partial charge in [0.25, 0.3) is 0 Å². The molecule has 1 aliphatic rings. The minimum absolute atomic E-state index is 0.0243. The molecule has 1 amide bonds. The lowest BCUT2D eigenvalue weighted by molar-refractivity contribution is -0.120. The number of carbonyl (C=O) groups excluding carboxylic acids is 1. The van der Waals surface area contributed by atoms with Gasteiger partial charge in [-0.1, -0.05) is 41.6 Å². The molecule has 1 N–H and O–H groups in total. The zero-order valence-electron chi connectivity index (χ0n) is 18.6. The third-order valence-electron chi connectivity index (χ3n) is 5.71. The monoisotopic (exact) mass is 447 g/mol. The van der Waals surface area contributed by atoms with Crippen LogP contribution in [0.15, 0.2) is 65.6 Å². The molecule has 2 heterocycles. The van der Waals surface area contributed by atoms with Crippen molar-refractivity contribution in [3.63, 3.8) is 0 Å². The summed E-state index contributed by atoms with van der Waals surface area (Å²) in [6, 6.07) is 12.0. The number of aryl methyl sites for hydroxylation is 1. The van der Waals surface area contributed by atoms with Crippen molar-refractivity contribution in [1.82, 2.24) is 25.1 Å². The van der Waals surface area contributed by atoms with E-state index < -0.39 is 0 Å². The normalized spacial score (nSPS) is 14.6. The Morgan fingerprint density at radius 2 is 1.97 bits per heavy atom. The Morgan fingerprint density at radius 3 is 2.72 bits per heavy atom. The van der Waals surface area contributed by atoms with Crippen molar-refractivity contribution in [3.05, 3.63) is 66.0 Å². The molecule has 1 aliphatic carbocycles. The quantitative estimate of drug-likeness (QED) is 0.383. The van der Waals surface area contributed by atoms with E-state index in [2.05, 4.69) is 45.6 Å². The van der Waals surface area contributed by atoms with E-state index >= 15 is 0 Å². The number of pyridine rings is 1. The number of aromatic nitrogens is 4. The Kier molecular flexibility index (Phi) is 7.37. The van der Waals surface area contributed by atoms with Gasteiger partial charge in [-0.3, -0.25) is 14.3 Å². The minimum Gasteiger partial charge on any atom is -0.355 e. The van der Waals surface area contributed by atoms with Crippen LogP contribution in [0, 0.1) is 6.92 Å². The van der Waals surface area contributed by atoms with Crippen LogP contribution in [-0.2, 0) is 4.79 Å². The molecular formula is C25H29N5OS. The smallest absolute Gasteiger partial charge is 0.233 e. The Morgan fingerprint density at radius 1 is 1.16 bits per heavy atom. The molecule has 0 aliphatic heterocycles. The van der Waals surface area contributed by atoms with Crippen molar-refractivity contribution >= 4 is 17.7 Å². The highest BCUT2D eigenvalue weighted by Gasteiger charge is 2.22. The molecule has 3 aromatic rings. The number of para-hydroxylation sites is 1. The average Bonchev–Trinajstić information content (AvgIpc) is 3.23. The molecule has 0 bridgehead atoms. The van der Waals surface area contributed by atoms with E-state index in [0.717, 1.165) is 35.5 Å². The van der Waals surface area contributed by atoms with Crippen molar-refractivity contribution in [3.8, 4) is 17.1 Å². The summed E-state index contributed by atoms with van der Waals surface area (Å²) in [5.41, 5.74) is 4.52. The van der Waals surface area contributed by atoms with Crippen LogP contribution in [0.4, 0.5) is 0 Å². The highest BCUT2D eigenvalue weighted by atomic mass is 32.2. The van der Waals surface area contributed by atoms with Gasteiger partial charge in [0.1, 0.15) is 0 Å². The molecule has 0 fully saturated rings. The Bertz CT molecular complexity index is 1090. The second-order valence-corrected chi connectivity index (χ2v) is 9.38. The van der Waals surface area contributed by atoms with Gasteiger partial charge in [0.05, 0.1) is 10.9 Å². The maximum absolute atomic E-state index is 12.8. The predicted octanol–water partition coefficient (Wildman–Crippen LogP) is 5.13. The fourth-order valence-corrected chi connectivity index (χ4v) is 4.78. The van der Waals surface area contributed by atoms with Crippen molar-refractivity contribution in [2.45, 2.75) is 56.4 Å². The van der Waals surface area contributed by atoms with Gasteiger partial charge >= 0.3 is 0 Å². The summed E-state index contributed by atoms with van der Waals surface area (Å²) in [5, 5.41) is 12.4. The molecule has 7 heteroatoms. The Hall–Kier alpha value is -2.93. The summed E-state index contributed by atoms with van der Waals surface area (Å²) in [6.45, 7) is 4.67. The fraction of sp³-hybridized carbons (Fsp3) is 0.360. The molecule has 0 unspecified atom stereocenters. The SMILES string of the molecule is Cc1ccccc1-n1c(S[C@@H](C)C(=O)NCCC2=CCCCC2)nnc1-c1ccncc1. The maximum Gasteiger partial charge on any atom is 0.233 e. The zero-order chi connectivity index (χ0) is 22.3. The van der Waals surface area contributed by atoms with Crippen LogP contribution < -0.4 is 5.32 Å². The van der Waals surface area contributed by atoms with Crippen LogP contribution in [-0.4, -0.2) is 37.5 Å². The van der Waals surface area contributed by atoms with Crippen molar-refractivity contribution < 1.29 is 4.79 Å².